The second-order valence-corrected chi connectivity index (χ2v) is 5.44. The fourth-order valence-corrected chi connectivity index (χ4v) is 2.53. The van der Waals surface area contributed by atoms with E-state index in [0.717, 1.165) is 0 Å². The lowest BCUT2D eigenvalue weighted by Crippen LogP contribution is -2.32. The molecule has 3 aromatic rings. The van der Waals surface area contributed by atoms with Gasteiger partial charge in [0.15, 0.2) is 0 Å². The van der Waals surface area contributed by atoms with E-state index in [9.17, 15) is 9.59 Å². The van der Waals surface area contributed by atoms with Crippen molar-refractivity contribution >= 4 is 16.8 Å². The van der Waals surface area contributed by atoms with E-state index in [1.807, 2.05) is 13.0 Å². The van der Waals surface area contributed by atoms with E-state index in [1.54, 1.807) is 35.2 Å². The normalized spacial score (nSPS) is 10.6. The van der Waals surface area contributed by atoms with E-state index < -0.39 is 0 Å². The minimum absolute atomic E-state index is 0.187. The van der Waals surface area contributed by atoms with Crippen molar-refractivity contribution in [2.75, 3.05) is 13.7 Å². The number of hydrogen-bond donors (Lipinski definition) is 1. The Kier molecular flexibility index (Phi) is 4.74. The van der Waals surface area contributed by atoms with E-state index in [1.165, 1.54) is 13.3 Å². The van der Waals surface area contributed by atoms with Crippen molar-refractivity contribution in [2.45, 2.75) is 13.5 Å². The molecule has 3 rings (SSSR count). The summed E-state index contributed by atoms with van der Waals surface area (Å²) in [6, 6.07) is 10.4. The zero-order chi connectivity index (χ0) is 17.8. The lowest BCUT2D eigenvalue weighted by molar-refractivity contribution is 0.0748. The first kappa shape index (κ1) is 16.6. The van der Waals surface area contributed by atoms with Crippen molar-refractivity contribution in [2.24, 2.45) is 0 Å². The largest absolute Gasteiger partial charge is 0.481 e. The Morgan fingerprint density at radius 2 is 2.04 bits per heavy atom. The maximum atomic E-state index is 12.7. The second-order valence-electron chi connectivity index (χ2n) is 5.44. The van der Waals surface area contributed by atoms with Crippen molar-refractivity contribution < 1.29 is 9.53 Å². The molecule has 0 saturated carbocycles. The van der Waals surface area contributed by atoms with Crippen LogP contribution in [0.15, 0.2) is 47.4 Å². The number of carbonyl (C=O) groups excluding carboxylic acids is 1. The summed E-state index contributed by atoms with van der Waals surface area (Å²) in [5, 5.41) is 0.528. The second kappa shape index (κ2) is 7.12. The standard InChI is InChI=1S/C18H18N4O3/c1-3-22(18(24)12-8-9-16(25-2)19-10-12)11-15-20-14-7-5-4-6-13(14)17(23)21-15/h4-10H,3,11H2,1-2H3,(H,20,21,23). The highest BCUT2D eigenvalue weighted by Crippen LogP contribution is 2.12. The van der Waals surface area contributed by atoms with Crippen molar-refractivity contribution in [1.82, 2.24) is 19.9 Å². The van der Waals surface area contributed by atoms with Crippen LogP contribution in [0.1, 0.15) is 23.1 Å². The van der Waals surface area contributed by atoms with Crippen LogP contribution in [0, 0.1) is 0 Å². The number of amides is 1. The molecule has 0 radical (unpaired) electrons. The van der Waals surface area contributed by atoms with Crippen LogP contribution in [0.2, 0.25) is 0 Å². The Labute approximate surface area is 144 Å². The number of H-pyrrole nitrogens is 1. The monoisotopic (exact) mass is 338 g/mol. The molecule has 0 saturated heterocycles. The first-order valence-electron chi connectivity index (χ1n) is 7.89. The van der Waals surface area contributed by atoms with Gasteiger partial charge in [0.1, 0.15) is 5.82 Å². The molecule has 1 N–H and O–H groups in total. The molecule has 0 atom stereocenters. The quantitative estimate of drug-likeness (QED) is 0.768. The number of aromatic amines is 1. The van der Waals surface area contributed by atoms with Gasteiger partial charge < -0.3 is 14.6 Å². The Bertz CT molecular complexity index is 950. The molecule has 7 heteroatoms. The fraction of sp³-hybridized carbons (Fsp3) is 0.222. The number of pyridine rings is 1. The Balaban J connectivity index is 1.86. The molecule has 0 aliphatic heterocycles. The van der Waals surface area contributed by atoms with Gasteiger partial charge in [-0.2, -0.15) is 0 Å². The molecule has 0 fully saturated rings. The molecule has 0 bridgehead atoms. The SMILES string of the molecule is CCN(Cc1nc2ccccc2c(=O)[nH]1)C(=O)c1ccc(OC)nc1. The molecule has 1 amide bonds. The van der Waals surface area contributed by atoms with E-state index >= 15 is 0 Å². The molecule has 2 aromatic heterocycles. The fourth-order valence-electron chi connectivity index (χ4n) is 2.53. The highest BCUT2D eigenvalue weighted by atomic mass is 16.5. The van der Waals surface area contributed by atoms with Crippen LogP contribution in [-0.4, -0.2) is 39.4 Å². The topological polar surface area (TPSA) is 88.2 Å². The molecule has 7 nitrogen and oxygen atoms in total. The summed E-state index contributed by atoms with van der Waals surface area (Å²) < 4.78 is 5.00. The molecule has 0 aliphatic rings. The van der Waals surface area contributed by atoms with Gasteiger partial charge in [0.05, 0.1) is 30.1 Å². The van der Waals surface area contributed by atoms with E-state index in [4.69, 9.17) is 4.74 Å². The summed E-state index contributed by atoms with van der Waals surface area (Å²) in [7, 11) is 1.52. The minimum atomic E-state index is -0.213. The van der Waals surface area contributed by atoms with Gasteiger partial charge in [-0.05, 0) is 25.1 Å². The lowest BCUT2D eigenvalue weighted by atomic mass is 10.2. The summed E-state index contributed by atoms with van der Waals surface area (Å²) in [6.45, 7) is 2.55. The zero-order valence-electron chi connectivity index (χ0n) is 14.0. The van der Waals surface area contributed by atoms with Crippen LogP contribution in [0.3, 0.4) is 0 Å². The zero-order valence-corrected chi connectivity index (χ0v) is 14.0. The van der Waals surface area contributed by atoms with Crippen LogP contribution in [0.25, 0.3) is 10.9 Å². The Morgan fingerprint density at radius 1 is 1.24 bits per heavy atom. The van der Waals surface area contributed by atoms with E-state index in [0.29, 0.717) is 34.7 Å². The highest BCUT2D eigenvalue weighted by molar-refractivity contribution is 5.93. The number of methoxy groups -OCH3 is 1. The van der Waals surface area contributed by atoms with Gasteiger partial charge in [0.2, 0.25) is 5.88 Å². The number of rotatable bonds is 5. The smallest absolute Gasteiger partial charge is 0.258 e. The van der Waals surface area contributed by atoms with Crippen LogP contribution < -0.4 is 10.3 Å². The Morgan fingerprint density at radius 3 is 2.72 bits per heavy atom. The molecule has 0 aliphatic carbocycles. The Hall–Kier alpha value is -3.22. The number of carbonyl (C=O) groups is 1. The molecule has 128 valence electrons. The first-order valence-corrected chi connectivity index (χ1v) is 7.89. The summed E-state index contributed by atoms with van der Waals surface area (Å²) in [6.07, 6.45) is 1.47. The van der Waals surface area contributed by atoms with Gasteiger partial charge in [0, 0.05) is 18.8 Å². The number of ether oxygens (including phenoxy) is 1. The van der Waals surface area contributed by atoms with Crippen molar-refractivity contribution in [1.29, 1.82) is 0 Å². The maximum Gasteiger partial charge on any atom is 0.258 e. The molecular formula is C18H18N4O3. The van der Waals surface area contributed by atoms with Gasteiger partial charge in [-0.1, -0.05) is 12.1 Å². The summed E-state index contributed by atoms with van der Waals surface area (Å²) >= 11 is 0. The molecule has 0 spiro atoms. The van der Waals surface area contributed by atoms with Gasteiger partial charge in [-0.3, -0.25) is 9.59 Å². The summed E-state index contributed by atoms with van der Waals surface area (Å²) in [5.41, 5.74) is 0.844. The predicted molar refractivity (Wildman–Crippen MR) is 93.6 cm³/mol. The van der Waals surface area contributed by atoms with Crippen LogP contribution in [-0.2, 0) is 6.54 Å². The number of para-hydroxylation sites is 1. The number of hydrogen-bond acceptors (Lipinski definition) is 5. The summed E-state index contributed by atoms with van der Waals surface area (Å²) in [5.74, 6) is 0.703. The lowest BCUT2D eigenvalue weighted by Gasteiger charge is -2.20. The molecule has 1 aromatic carbocycles. The third kappa shape index (κ3) is 3.50. The van der Waals surface area contributed by atoms with Crippen molar-refractivity contribution in [3.63, 3.8) is 0 Å². The number of fused-ring (bicyclic) bond motifs is 1. The van der Waals surface area contributed by atoms with Gasteiger partial charge in [-0.15, -0.1) is 0 Å². The molecular weight excluding hydrogens is 320 g/mol. The highest BCUT2D eigenvalue weighted by Gasteiger charge is 2.16. The molecule has 0 unspecified atom stereocenters. The van der Waals surface area contributed by atoms with Gasteiger partial charge >= 0.3 is 0 Å². The molecule has 25 heavy (non-hydrogen) atoms. The van der Waals surface area contributed by atoms with Crippen LogP contribution in [0.5, 0.6) is 5.88 Å². The minimum Gasteiger partial charge on any atom is -0.481 e. The number of benzene rings is 1. The maximum absolute atomic E-state index is 12.7. The average Bonchev–Trinajstić information content (AvgIpc) is 2.65. The van der Waals surface area contributed by atoms with Crippen LogP contribution in [0.4, 0.5) is 0 Å². The number of aromatic nitrogens is 3. The number of nitrogens with one attached hydrogen (secondary N) is 1. The third-order valence-corrected chi connectivity index (χ3v) is 3.86. The van der Waals surface area contributed by atoms with Crippen molar-refractivity contribution in [3.8, 4) is 5.88 Å². The van der Waals surface area contributed by atoms with Crippen molar-refractivity contribution in [3.05, 3.63) is 64.3 Å². The van der Waals surface area contributed by atoms with Crippen LogP contribution >= 0.6 is 0 Å². The molecule has 2 heterocycles. The average molecular weight is 338 g/mol. The van der Waals surface area contributed by atoms with E-state index in [-0.39, 0.29) is 18.0 Å². The summed E-state index contributed by atoms with van der Waals surface area (Å²) in [4.78, 5) is 37.6. The number of nitrogens with zero attached hydrogens (tertiary/aromatic N) is 3. The first-order chi connectivity index (χ1) is 12.1. The van der Waals surface area contributed by atoms with E-state index in [2.05, 4.69) is 15.0 Å². The van der Waals surface area contributed by atoms with Gasteiger partial charge in [-0.25, -0.2) is 9.97 Å². The third-order valence-electron chi connectivity index (χ3n) is 3.86. The van der Waals surface area contributed by atoms with Gasteiger partial charge in [0.25, 0.3) is 11.5 Å². The predicted octanol–water partition coefficient (Wildman–Crippen LogP) is 1.99.